The van der Waals surface area contributed by atoms with Gasteiger partial charge >= 0.3 is 0 Å². The number of nitrogens with zero attached hydrogens (tertiary/aromatic N) is 7. The third kappa shape index (κ3) is 2.59. The third-order valence-corrected chi connectivity index (χ3v) is 5.09. The van der Waals surface area contributed by atoms with Crippen molar-refractivity contribution >= 4 is 22.9 Å². The molecule has 0 aliphatic carbocycles. The van der Waals surface area contributed by atoms with E-state index in [9.17, 15) is 4.79 Å². The number of hydrogen-bond donors (Lipinski definition) is 1. The molecule has 1 saturated heterocycles. The van der Waals surface area contributed by atoms with Crippen LogP contribution < -0.4 is 5.32 Å². The van der Waals surface area contributed by atoms with Gasteiger partial charge in [-0.2, -0.15) is 5.10 Å². The maximum Gasteiger partial charge on any atom is 0.223 e. The molecule has 4 heterocycles. The van der Waals surface area contributed by atoms with E-state index in [-0.39, 0.29) is 18.0 Å². The first-order chi connectivity index (χ1) is 12.6. The Morgan fingerprint density at radius 3 is 2.85 bits per heavy atom. The summed E-state index contributed by atoms with van der Waals surface area (Å²) < 4.78 is 3.80. The van der Waals surface area contributed by atoms with Gasteiger partial charge in [0.1, 0.15) is 11.8 Å². The molecule has 1 N–H and O–H groups in total. The highest BCUT2D eigenvalue weighted by molar-refractivity contribution is 5.83. The van der Waals surface area contributed by atoms with Gasteiger partial charge < -0.3 is 14.8 Å². The number of carbonyl (C=O) groups is 1. The highest BCUT2D eigenvalue weighted by atomic mass is 16.2. The van der Waals surface area contributed by atoms with Crippen molar-refractivity contribution in [1.82, 2.24) is 34.2 Å². The molecule has 3 aromatic heterocycles. The van der Waals surface area contributed by atoms with Crippen LogP contribution in [0.5, 0.6) is 0 Å². The average molecular weight is 354 g/mol. The minimum atomic E-state index is -0.123. The van der Waals surface area contributed by atoms with Crippen molar-refractivity contribution < 1.29 is 4.79 Å². The van der Waals surface area contributed by atoms with Gasteiger partial charge in [0.15, 0.2) is 11.5 Å². The fourth-order valence-electron chi connectivity index (χ4n) is 3.66. The van der Waals surface area contributed by atoms with Crippen LogP contribution in [0.25, 0.3) is 11.2 Å². The first-order valence-electron chi connectivity index (χ1n) is 8.76. The van der Waals surface area contributed by atoms with Crippen LogP contribution in [0.4, 0.5) is 5.82 Å². The molecule has 3 aromatic rings. The fraction of sp³-hybridized carbons (Fsp3) is 0.471. The molecule has 0 aromatic carbocycles. The van der Waals surface area contributed by atoms with Crippen LogP contribution >= 0.6 is 0 Å². The average Bonchev–Trinajstić information content (AvgIpc) is 3.25. The summed E-state index contributed by atoms with van der Waals surface area (Å²) in [5, 5.41) is 7.78. The van der Waals surface area contributed by atoms with E-state index < -0.39 is 0 Å². The van der Waals surface area contributed by atoms with E-state index in [1.165, 1.54) is 0 Å². The number of likely N-dealkylation sites (tertiary alicyclic amines) is 1. The first kappa shape index (κ1) is 16.5. The summed E-state index contributed by atoms with van der Waals surface area (Å²) in [4.78, 5) is 27.3. The normalized spacial score (nSPS) is 20.7. The van der Waals surface area contributed by atoms with Crippen LogP contribution in [0.2, 0.25) is 0 Å². The lowest BCUT2D eigenvalue weighted by Gasteiger charge is -2.39. The Morgan fingerprint density at radius 1 is 1.27 bits per heavy atom. The maximum absolute atomic E-state index is 12.3. The lowest BCUT2D eigenvalue weighted by atomic mass is 9.93. The Morgan fingerprint density at radius 2 is 2.12 bits per heavy atom. The largest absolute Gasteiger partial charge is 0.363 e. The molecule has 9 nitrogen and oxygen atoms in total. The molecule has 0 spiro atoms. The van der Waals surface area contributed by atoms with E-state index >= 15 is 0 Å². The molecular weight excluding hydrogens is 332 g/mol. The zero-order valence-corrected chi connectivity index (χ0v) is 15.1. The van der Waals surface area contributed by atoms with Gasteiger partial charge in [0.05, 0.1) is 24.1 Å². The van der Waals surface area contributed by atoms with Gasteiger partial charge in [0, 0.05) is 33.3 Å². The minimum Gasteiger partial charge on any atom is -0.363 e. The number of nitrogens with one attached hydrogen (secondary N) is 1. The molecule has 136 valence electrons. The SMILES string of the molecule is CCn1cnc2c(N[C@@H]3CCC(=O)N(C)[C@H]3c3ccnn3C)ncnc21. The molecule has 2 atom stereocenters. The van der Waals surface area contributed by atoms with Crippen LogP contribution in [0.3, 0.4) is 0 Å². The molecule has 9 heteroatoms. The van der Waals surface area contributed by atoms with Gasteiger partial charge in [-0.15, -0.1) is 0 Å². The molecule has 1 aliphatic heterocycles. The van der Waals surface area contributed by atoms with Crippen LogP contribution in [0.15, 0.2) is 24.9 Å². The number of piperidine rings is 1. The van der Waals surface area contributed by atoms with Crippen molar-refractivity contribution in [1.29, 1.82) is 0 Å². The second kappa shape index (κ2) is 6.40. The number of likely N-dealkylation sites (N-methyl/N-ethyl adjacent to an activating group) is 1. The third-order valence-electron chi connectivity index (χ3n) is 5.09. The molecule has 0 radical (unpaired) electrons. The second-order valence-electron chi connectivity index (χ2n) is 6.54. The molecule has 1 fully saturated rings. The molecule has 0 saturated carbocycles. The van der Waals surface area contributed by atoms with Crippen LogP contribution in [-0.2, 0) is 18.4 Å². The standard InChI is InChI=1S/C17H22N8O/c1-4-25-10-20-14-16(18-9-19-17(14)25)22-11-5-6-13(26)23(2)15(11)12-7-8-21-24(12)3/h7-11,15H,4-6H2,1-3H3,(H,18,19,22)/t11-,15-/m1/s1. The predicted octanol–water partition coefficient (Wildman–Crippen LogP) is 1.35. The van der Waals surface area contributed by atoms with Crippen molar-refractivity contribution in [2.45, 2.75) is 38.4 Å². The van der Waals surface area contributed by atoms with Crippen LogP contribution in [0.1, 0.15) is 31.5 Å². The zero-order valence-electron chi connectivity index (χ0n) is 15.1. The van der Waals surface area contributed by atoms with E-state index in [1.807, 2.05) is 29.4 Å². The van der Waals surface area contributed by atoms with Gasteiger partial charge in [-0.1, -0.05) is 0 Å². The summed E-state index contributed by atoms with van der Waals surface area (Å²) in [5.41, 5.74) is 2.54. The number of hydrogen-bond acceptors (Lipinski definition) is 6. The molecule has 26 heavy (non-hydrogen) atoms. The van der Waals surface area contributed by atoms with Crippen molar-refractivity contribution in [3.8, 4) is 0 Å². The van der Waals surface area contributed by atoms with Gasteiger partial charge in [-0.05, 0) is 19.4 Å². The summed E-state index contributed by atoms with van der Waals surface area (Å²) in [6, 6.07) is 1.84. The monoisotopic (exact) mass is 354 g/mol. The number of carbonyl (C=O) groups excluding carboxylic acids is 1. The van der Waals surface area contributed by atoms with E-state index in [0.717, 1.165) is 29.8 Å². The minimum absolute atomic E-state index is 0.0120. The smallest absolute Gasteiger partial charge is 0.223 e. The van der Waals surface area contributed by atoms with Crippen molar-refractivity contribution in [2.24, 2.45) is 7.05 Å². The van der Waals surface area contributed by atoms with E-state index in [2.05, 4.69) is 32.3 Å². The molecule has 4 rings (SSSR count). The van der Waals surface area contributed by atoms with Crippen LogP contribution in [0, 0.1) is 0 Å². The Labute approximate surface area is 151 Å². The fourth-order valence-corrected chi connectivity index (χ4v) is 3.66. The Kier molecular flexibility index (Phi) is 4.06. The summed E-state index contributed by atoms with van der Waals surface area (Å²) >= 11 is 0. The number of amides is 1. The number of imidazole rings is 1. The highest BCUT2D eigenvalue weighted by Crippen LogP contribution is 2.33. The molecule has 1 aliphatic rings. The first-order valence-corrected chi connectivity index (χ1v) is 8.76. The number of fused-ring (bicyclic) bond motifs is 1. The summed E-state index contributed by atoms with van der Waals surface area (Å²) in [7, 11) is 3.74. The highest BCUT2D eigenvalue weighted by Gasteiger charge is 2.36. The summed E-state index contributed by atoms with van der Waals surface area (Å²) in [5.74, 6) is 0.833. The van der Waals surface area contributed by atoms with Gasteiger partial charge in [0.2, 0.25) is 5.91 Å². The lowest BCUT2D eigenvalue weighted by Crippen LogP contribution is -2.47. The molecule has 0 bridgehead atoms. The molecule has 0 unspecified atom stereocenters. The Hall–Kier alpha value is -2.97. The summed E-state index contributed by atoms with van der Waals surface area (Å²) in [6.07, 6.45) is 6.30. The number of rotatable bonds is 4. The zero-order chi connectivity index (χ0) is 18.3. The van der Waals surface area contributed by atoms with Crippen molar-refractivity contribution in [2.75, 3.05) is 12.4 Å². The van der Waals surface area contributed by atoms with Crippen molar-refractivity contribution in [3.63, 3.8) is 0 Å². The van der Waals surface area contributed by atoms with Crippen molar-refractivity contribution in [3.05, 3.63) is 30.6 Å². The topological polar surface area (TPSA) is 93.8 Å². The summed E-state index contributed by atoms with van der Waals surface area (Å²) in [6.45, 7) is 2.85. The van der Waals surface area contributed by atoms with E-state index in [4.69, 9.17) is 0 Å². The van der Waals surface area contributed by atoms with E-state index in [0.29, 0.717) is 12.2 Å². The number of aromatic nitrogens is 6. The molecule has 1 amide bonds. The van der Waals surface area contributed by atoms with Gasteiger partial charge in [-0.25, -0.2) is 15.0 Å². The lowest BCUT2D eigenvalue weighted by molar-refractivity contribution is -0.135. The number of anilines is 1. The quantitative estimate of drug-likeness (QED) is 0.760. The Bertz CT molecular complexity index is 945. The van der Waals surface area contributed by atoms with Crippen LogP contribution in [-0.4, -0.2) is 53.2 Å². The number of aryl methyl sites for hydroxylation is 2. The molecular formula is C17H22N8O. The van der Waals surface area contributed by atoms with Gasteiger partial charge in [-0.3, -0.25) is 9.48 Å². The van der Waals surface area contributed by atoms with Gasteiger partial charge in [0.25, 0.3) is 0 Å². The second-order valence-corrected chi connectivity index (χ2v) is 6.54. The maximum atomic E-state index is 12.3. The Balaban J connectivity index is 1.71. The predicted molar refractivity (Wildman–Crippen MR) is 96.4 cm³/mol. The van der Waals surface area contributed by atoms with E-state index in [1.54, 1.807) is 23.8 Å².